The van der Waals surface area contributed by atoms with Gasteiger partial charge >= 0.3 is 0 Å². The van der Waals surface area contributed by atoms with Gasteiger partial charge in [0.1, 0.15) is 12.2 Å². The normalized spacial score (nSPS) is 16.6. The van der Waals surface area contributed by atoms with Crippen molar-refractivity contribution in [3.8, 4) is 0 Å². The summed E-state index contributed by atoms with van der Waals surface area (Å²) < 4.78 is 3.94. The third-order valence-corrected chi connectivity index (χ3v) is 4.65. The van der Waals surface area contributed by atoms with E-state index in [9.17, 15) is 4.79 Å². The van der Waals surface area contributed by atoms with Gasteiger partial charge in [-0.2, -0.15) is 5.10 Å². The van der Waals surface area contributed by atoms with Crippen LogP contribution in [-0.4, -0.2) is 48.4 Å². The smallest absolute Gasteiger partial charge is 0.257 e. The average Bonchev–Trinajstić information content (AvgIpc) is 3.23. The summed E-state index contributed by atoms with van der Waals surface area (Å²) in [5.74, 6) is 1.50. The Labute approximate surface area is 142 Å². The van der Waals surface area contributed by atoms with Gasteiger partial charge in [0.15, 0.2) is 0 Å². The molecule has 1 aliphatic heterocycles. The van der Waals surface area contributed by atoms with Crippen molar-refractivity contribution in [1.82, 2.24) is 29.4 Å². The molecule has 1 fully saturated rings. The van der Waals surface area contributed by atoms with Crippen molar-refractivity contribution >= 4 is 5.91 Å². The van der Waals surface area contributed by atoms with Crippen LogP contribution in [0.3, 0.4) is 0 Å². The van der Waals surface area contributed by atoms with Gasteiger partial charge in [0.05, 0.1) is 17.3 Å². The molecule has 130 valence electrons. The Balaban J connectivity index is 1.64. The largest absolute Gasteiger partial charge is 0.339 e. The summed E-state index contributed by atoms with van der Waals surface area (Å²) in [4.78, 5) is 14.6. The summed E-state index contributed by atoms with van der Waals surface area (Å²) >= 11 is 0. The molecule has 0 radical (unpaired) electrons. The summed E-state index contributed by atoms with van der Waals surface area (Å²) in [7, 11) is 0. The van der Waals surface area contributed by atoms with Gasteiger partial charge < -0.3 is 9.47 Å². The van der Waals surface area contributed by atoms with Crippen LogP contribution in [0, 0.1) is 0 Å². The van der Waals surface area contributed by atoms with Crippen molar-refractivity contribution in [1.29, 1.82) is 0 Å². The number of likely N-dealkylation sites (tertiary alicyclic amines) is 1. The van der Waals surface area contributed by atoms with Crippen molar-refractivity contribution in [3.05, 3.63) is 30.1 Å². The fraction of sp³-hybridized carbons (Fsp3) is 0.647. The maximum atomic E-state index is 12.7. The Hall–Kier alpha value is -2.18. The van der Waals surface area contributed by atoms with E-state index in [0.29, 0.717) is 11.5 Å². The van der Waals surface area contributed by atoms with Crippen LogP contribution in [0.1, 0.15) is 62.6 Å². The number of aromatic nitrogens is 5. The first-order valence-electron chi connectivity index (χ1n) is 8.62. The predicted octanol–water partition coefficient (Wildman–Crippen LogP) is 2.27. The number of carbonyl (C=O) groups is 1. The Morgan fingerprint density at radius 2 is 2.00 bits per heavy atom. The van der Waals surface area contributed by atoms with Crippen molar-refractivity contribution in [2.75, 3.05) is 13.1 Å². The second kappa shape index (κ2) is 6.37. The summed E-state index contributed by atoms with van der Waals surface area (Å²) in [6.07, 6.45) is 7.17. The first-order chi connectivity index (χ1) is 11.4. The molecule has 0 N–H and O–H groups in total. The highest BCUT2D eigenvalue weighted by Gasteiger charge is 2.28. The molecule has 0 unspecified atom stereocenters. The first-order valence-corrected chi connectivity index (χ1v) is 8.62. The molecule has 7 nitrogen and oxygen atoms in total. The van der Waals surface area contributed by atoms with Crippen LogP contribution in [0.4, 0.5) is 0 Å². The summed E-state index contributed by atoms with van der Waals surface area (Å²) in [6, 6.07) is 0. The van der Waals surface area contributed by atoms with E-state index in [0.717, 1.165) is 38.3 Å². The van der Waals surface area contributed by atoms with E-state index in [-0.39, 0.29) is 11.4 Å². The average molecular weight is 330 g/mol. The van der Waals surface area contributed by atoms with Crippen LogP contribution in [0.25, 0.3) is 0 Å². The minimum atomic E-state index is -0.115. The molecule has 3 heterocycles. The highest BCUT2D eigenvalue weighted by molar-refractivity contribution is 5.93. The fourth-order valence-corrected chi connectivity index (χ4v) is 3.15. The second-order valence-electron chi connectivity index (χ2n) is 7.39. The SMILES string of the molecule is CCn1cnnc1C1CCN(C(=O)c2cnn(C(C)(C)C)c2)CC1. The Morgan fingerprint density at radius 1 is 1.29 bits per heavy atom. The Morgan fingerprint density at radius 3 is 2.58 bits per heavy atom. The molecule has 0 spiro atoms. The Kier molecular flexibility index (Phi) is 4.43. The molecule has 0 saturated carbocycles. The lowest BCUT2D eigenvalue weighted by Gasteiger charge is -2.31. The number of piperidine rings is 1. The van der Waals surface area contributed by atoms with Gasteiger partial charge in [0.25, 0.3) is 5.91 Å². The quantitative estimate of drug-likeness (QED) is 0.866. The zero-order valence-electron chi connectivity index (χ0n) is 14.9. The van der Waals surface area contributed by atoms with Gasteiger partial charge in [0, 0.05) is 31.7 Å². The van der Waals surface area contributed by atoms with Crippen LogP contribution in [0.5, 0.6) is 0 Å². The molecule has 3 rings (SSSR count). The van der Waals surface area contributed by atoms with Gasteiger partial charge in [-0.1, -0.05) is 0 Å². The number of hydrogen-bond acceptors (Lipinski definition) is 4. The molecule has 0 aromatic carbocycles. The van der Waals surface area contributed by atoms with Crippen molar-refractivity contribution < 1.29 is 4.79 Å². The number of hydrogen-bond donors (Lipinski definition) is 0. The van der Waals surface area contributed by atoms with Crippen LogP contribution in [-0.2, 0) is 12.1 Å². The van der Waals surface area contributed by atoms with Gasteiger partial charge in [-0.3, -0.25) is 9.48 Å². The molecule has 1 amide bonds. The molecule has 1 aliphatic rings. The second-order valence-corrected chi connectivity index (χ2v) is 7.39. The molecule has 7 heteroatoms. The first kappa shape index (κ1) is 16.7. The predicted molar refractivity (Wildman–Crippen MR) is 90.8 cm³/mol. The minimum Gasteiger partial charge on any atom is -0.339 e. The van der Waals surface area contributed by atoms with Gasteiger partial charge in [-0.25, -0.2) is 0 Å². The van der Waals surface area contributed by atoms with E-state index in [1.165, 1.54) is 0 Å². The molecule has 0 bridgehead atoms. The summed E-state index contributed by atoms with van der Waals surface area (Å²) in [5, 5.41) is 12.6. The van der Waals surface area contributed by atoms with E-state index in [1.54, 1.807) is 12.5 Å². The van der Waals surface area contributed by atoms with E-state index in [1.807, 2.05) is 15.8 Å². The van der Waals surface area contributed by atoms with Crippen LogP contribution in [0.2, 0.25) is 0 Å². The highest BCUT2D eigenvalue weighted by atomic mass is 16.2. The molecule has 2 aromatic heterocycles. The van der Waals surface area contributed by atoms with Crippen molar-refractivity contribution in [2.24, 2.45) is 0 Å². The van der Waals surface area contributed by atoms with E-state index in [4.69, 9.17) is 0 Å². The van der Waals surface area contributed by atoms with Crippen molar-refractivity contribution in [2.45, 2.75) is 58.5 Å². The zero-order chi connectivity index (χ0) is 17.3. The number of rotatable bonds is 3. The van der Waals surface area contributed by atoms with Gasteiger partial charge in [0.2, 0.25) is 0 Å². The molecule has 0 aliphatic carbocycles. The van der Waals surface area contributed by atoms with Gasteiger partial charge in [-0.15, -0.1) is 10.2 Å². The Bertz CT molecular complexity index is 703. The summed E-state index contributed by atoms with van der Waals surface area (Å²) in [5.41, 5.74) is 0.551. The molecule has 1 saturated heterocycles. The minimum absolute atomic E-state index is 0.0703. The molecule has 24 heavy (non-hydrogen) atoms. The third kappa shape index (κ3) is 3.20. The highest BCUT2D eigenvalue weighted by Crippen LogP contribution is 2.27. The van der Waals surface area contributed by atoms with Crippen molar-refractivity contribution in [3.63, 3.8) is 0 Å². The maximum absolute atomic E-state index is 12.7. The maximum Gasteiger partial charge on any atom is 0.257 e. The van der Waals surface area contributed by atoms with E-state index < -0.39 is 0 Å². The molecule has 0 atom stereocenters. The topological polar surface area (TPSA) is 68.8 Å². The monoisotopic (exact) mass is 330 g/mol. The lowest BCUT2D eigenvalue weighted by molar-refractivity contribution is 0.0710. The molecule has 2 aromatic rings. The lowest BCUT2D eigenvalue weighted by Crippen LogP contribution is -2.38. The van der Waals surface area contributed by atoms with Crippen LogP contribution >= 0.6 is 0 Å². The van der Waals surface area contributed by atoms with E-state index >= 15 is 0 Å². The molecular weight excluding hydrogens is 304 g/mol. The van der Waals surface area contributed by atoms with Gasteiger partial charge in [-0.05, 0) is 40.5 Å². The van der Waals surface area contributed by atoms with E-state index in [2.05, 4.69) is 47.6 Å². The standard InChI is InChI=1S/C17H26N6O/c1-5-21-12-18-20-15(21)13-6-8-22(9-7-13)16(24)14-10-19-23(11-14)17(2,3)4/h10-13H,5-9H2,1-4H3. The zero-order valence-corrected chi connectivity index (χ0v) is 14.9. The fourth-order valence-electron chi connectivity index (χ4n) is 3.15. The lowest BCUT2D eigenvalue weighted by atomic mass is 9.95. The van der Waals surface area contributed by atoms with Crippen LogP contribution < -0.4 is 0 Å². The molecular formula is C17H26N6O. The van der Waals surface area contributed by atoms with Crippen LogP contribution in [0.15, 0.2) is 18.7 Å². The summed E-state index contributed by atoms with van der Waals surface area (Å²) in [6.45, 7) is 10.7. The third-order valence-electron chi connectivity index (χ3n) is 4.65. The number of carbonyl (C=O) groups excluding carboxylic acids is 1. The number of nitrogens with zero attached hydrogens (tertiary/aromatic N) is 6. The number of aryl methyl sites for hydroxylation is 1. The number of amides is 1.